The molecule has 0 radical (unpaired) electrons. The van der Waals surface area contributed by atoms with Crippen LogP contribution in [0.3, 0.4) is 0 Å². The highest BCUT2D eigenvalue weighted by molar-refractivity contribution is 6.03. The van der Waals surface area contributed by atoms with E-state index in [0.717, 1.165) is 0 Å². The summed E-state index contributed by atoms with van der Waals surface area (Å²) < 4.78 is 5.26. The number of hydrogen-bond donors (Lipinski definition) is 1. The molecule has 0 bridgehead atoms. The molecule has 1 aliphatic rings. The molecule has 1 heterocycles. The van der Waals surface area contributed by atoms with Crippen LogP contribution in [0.2, 0.25) is 0 Å². The van der Waals surface area contributed by atoms with E-state index in [4.69, 9.17) is 4.74 Å². The summed E-state index contributed by atoms with van der Waals surface area (Å²) in [5.41, 5.74) is 1.27. The quantitative estimate of drug-likeness (QED) is 0.516. The number of carbonyl (C=O) groups is 1. The lowest BCUT2D eigenvalue weighted by Crippen LogP contribution is -2.36. The molecule has 0 aliphatic carbocycles. The number of nitrogens with zero attached hydrogens (tertiary/aromatic N) is 1. The minimum absolute atomic E-state index is 0.416. The molecule has 2 atom stereocenters. The maximum atomic E-state index is 12.0. The second-order valence-corrected chi connectivity index (χ2v) is 5.26. The molecule has 0 aromatic heterocycles. The highest BCUT2D eigenvalue weighted by atomic mass is 16.5. The average molecular weight is 261 g/mol. The van der Waals surface area contributed by atoms with Crippen molar-refractivity contribution in [2.24, 2.45) is 16.8 Å². The number of benzene rings is 1. The molecule has 0 amide bonds. The molecular formula is C15H19NO3. The first-order valence-corrected chi connectivity index (χ1v) is 6.50. The molecule has 1 aromatic carbocycles. The van der Waals surface area contributed by atoms with Crippen molar-refractivity contribution < 1.29 is 14.6 Å². The van der Waals surface area contributed by atoms with Gasteiger partial charge >= 0.3 is 5.97 Å². The molecule has 1 aromatic rings. The van der Waals surface area contributed by atoms with Crippen molar-refractivity contribution in [3.05, 3.63) is 29.8 Å². The Labute approximate surface area is 113 Å². The Hall–Kier alpha value is -1.68. The zero-order valence-electron chi connectivity index (χ0n) is 11.5. The summed E-state index contributed by atoms with van der Waals surface area (Å²) in [5.74, 6) is -0.281. The van der Waals surface area contributed by atoms with Gasteiger partial charge in [-0.2, -0.15) is 0 Å². The van der Waals surface area contributed by atoms with Crippen molar-refractivity contribution in [3.8, 4) is 5.75 Å². The van der Waals surface area contributed by atoms with Crippen LogP contribution in [0.5, 0.6) is 5.75 Å². The summed E-state index contributed by atoms with van der Waals surface area (Å²) in [7, 11) is 0. The van der Waals surface area contributed by atoms with Crippen LogP contribution in [0.15, 0.2) is 29.3 Å². The third-order valence-electron chi connectivity index (χ3n) is 3.17. The number of esters is 1. The molecule has 102 valence electrons. The Balaban J connectivity index is 2.28. The highest BCUT2D eigenvalue weighted by Gasteiger charge is 2.38. The fourth-order valence-electron chi connectivity index (χ4n) is 2.12. The van der Waals surface area contributed by atoms with Gasteiger partial charge in [0.2, 0.25) is 0 Å². The number of hydrogen-bond acceptors (Lipinski definition) is 4. The summed E-state index contributed by atoms with van der Waals surface area (Å²) in [6, 6.07) is 7.06. The van der Waals surface area contributed by atoms with Crippen LogP contribution in [-0.4, -0.2) is 23.3 Å². The molecule has 1 N–H and O–H groups in total. The molecule has 0 fully saturated rings. The fraction of sp³-hybridized carbons (Fsp3) is 0.467. The first-order chi connectivity index (χ1) is 9.00. The third kappa shape index (κ3) is 2.84. The van der Waals surface area contributed by atoms with Gasteiger partial charge in [0, 0.05) is 17.8 Å². The van der Waals surface area contributed by atoms with Crippen LogP contribution < -0.4 is 4.74 Å². The molecule has 2 rings (SSSR count). The molecule has 4 heteroatoms. The number of aliphatic hydroxyl groups excluding tert-OH is 1. The van der Waals surface area contributed by atoms with Crippen LogP contribution in [-0.2, 0) is 4.79 Å². The number of ether oxygens (including phenoxy) is 1. The summed E-state index contributed by atoms with van der Waals surface area (Å²) in [6.07, 6.45) is -0.881. The molecular weight excluding hydrogens is 242 g/mol. The van der Waals surface area contributed by atoms with Gasteiger partial charge < -0.3 is 9.84 Å². The number of para-hydroxylation sites is 1. The second kappa shape index (κ2) is 5.53. The number of rotatable bonds is 3. The average Bonchev–Trinajstić information content (AvgIpc) is 2.36. The van der Waals surface area contributed by atoms with Crippen LogP contribution in [0, 0.1) is 11.8 Å². The summed E-state index contributed by atoms with van der Waals surface area (Å²) >= 11 is 0. The lowest BCUT2D eigenvalue weighted by Gasteiger charge is -2.28. The SMILES string of the molecule is CC(=NCC(C)C)C1C(=O)Oc2ccccc2C1O. The van der Waals surface area contributed by atoms with Crippen molar-refractivity contribution >= 4 is 11.7 Å². The van der Waals surface area contributed by atoms with Crippen LogP contribution >= 0.6 is 0 Å². The number of aliphatic hydroxyl groups is 1. The van der Waals surface area contributed by atoms with Gasteiger partial charge in [-0.3, -0.25) is 9.79 Å². The first-order valence-electron chi connectivity index (χ1n) is 6.50. The maximum Gasteiger partial charge on any atom is 0.323 e. The smallest absolute Gasteiger partial charge is 0.323 e. The van der Waals surface area contributed by atoms with E-state index in [1.165, 1.54) is 0 Å². The Morgan fingerprint density at radius 3 is 2.79 bits per heavy atom. The predicted molar refractivity (Wildman–Crippen MR) is 73.3 cm³/mol. The predicted octanol–water partition coefficient (Wildman–Crippen LogP) is 2.37. The lowest BCUT2D eigenvalue weighted by atomic mass is 9.89. The molecule has 0 saturated carbocycles. The molecule has 2 unspecified atom stereocenters. The van der Waals surface area contributed by atoms with Gasteiger partial charge in [0.15, 0.2) is 0 Å². The largest absolute Gasteiger partial charge is 0.426 e. The van der Waals surface area contributed by atoms with E-state index in [1.54, 1.807) is 25.1 Å². The molecule has 4 nitrogen and oxygen atoms in total. The third-order valence-corrected chi connectivity index (χ3v) is 3.17. The van der Waals surface area contributed by atoms with Crippen molar-refractivity contribution in [1.29, 1.82) is 0 Å². The van der Waals surface area contributed by atoms with E-state index in [2.05, 4.69) is 18.8 Å². The molecule has 1 aliphatic heterocycles. The van der Waals surface area contributed by atoms with E-state index in [0.29, 0.717) is 29.5 Å². The monoisotopic (exact) mass is 261 g/mol. The molecule has 0 spiro atoms. The van der Waals surface area contributed by atoms with Gasteiger partial charge in [-0.15, -0.1) is 0 Å². The van der Waals surface area contributed by atoms with Crippen LogP contribution in [0.4, 0.5) is 0 Å². The van der Waals surface area contributed by atoms with Crippen LogP contribution in [0.25, 0.3) is 0 Å². The minimum atomic E-state index is -0.881. The zero-order valence-corrected chi connectivity index (χ0v) is 11.5. The Morgan fingerprint density at radius 2 is 2.11 bits per heavy atom. The Morgan fingerprint density at radius 1 is 1.42 bits per heavy atom. The Bertz CT molecular complexity index is 508. The van der Waals surface area contributed by atoms with Crippen molar-refractivity contribution in [3.63, 3.8) is 0 Å². The van der Waals surface area contributed by atoms with Crippen molar-refractivity contribution in [2.45, 2.75) is 26.9 Å². The highest BCUT2D eigenvalue weighted by Crippen LogP contribution is 2.36. The van der Waals surface area contributed by atoms with Crippen LogP contribution in [0.1, 0.15) is 32.4 Å². The first kappa shape index (κ1) is 13.7. The van der Waals surface area contributed by atoms with Gasteiger partial charge in [-0.25, -0.2) is 0 Å². The normalized spacial score (nSPS) is 23.2. The van der Waals surface area contributed by atoms with E-state index in [-0.39, 0.29) is 0 Å². The van der Waals surface area contributed by atoms with E-state index >= 15 is 0 Å². The maximum absolute atomic E-state index is 12.0. The summed E-state index contributed by atoms with van der Waals surface area (Å²) in [4.78, 5) is 16.4. The van der Waals surface area contributed by atoms with Gasteiger partial charge in [0.05, 0.1) is 0 Å². The second-order valence-electron chi connectivity index (χ2n) is 5.26. The van der Waals surface area contributed by atoms with E-state index < -0.39 is 18.0 Å². The van der Waals surface area contributed by atoms with Crippen molar-refractivity contribution in [2.75, 3.05) is 6.54 Å². The van der Waals surface area contributed by atoms with Crippen molar-refractivity contribution in [1.82, 2.24) is 0 Å². The van der Waals surface area contributed by atoms with E-state index in [1.807, 2.05) is 6.07 Å². The fourth-order valence-corrected chi connectivity index (χ4v) is 2.12. The minimum Gasteiger partial charge on any atom is -0.426 e. The van der Waals surface area contributed by atoms with Gasteiger partial charge in [-0.05, 0) is 18.9 Å². The summed E-state index contributed by atoms with van der Waals surface area (Å²) in [5, 5.41) is 10.3. The lowest BCUT2D eigenvalue weighted by molar-refractivity contribution is -0.141. The number of fused-ring (bicyclic) bond motifs is 1. The van der Waals surface area contributed by atoms with E-state index in [9.17, 15) is 9.90 Å². The zero-order chi connectivity index (χ0) is 14.0. The molecule has 0 saturated heterocycles. The standard InChI is InChI=1S/C15H19NO3/c1-9(2)8-16-10(3)13-14(17)11-6-4-5-7-12(11)19-15(13)18/h4-7,9,13-14,17H,8H2,1-3H3. The van der Waals surface area contributed by atoms with Gasteiger partial charge in [0.1, 0.15) is 17.8 Å². The van der Waals surface area contributed by atoms with Gasteiger partial charge in [-0.1, -0.05) is 32.0 Å². The topological polar surface area (TPSA) is 58.9 Å². The molecule has 19 heavy (non-hydrogen) atoms. The van der Waals surface area contributed by atoms with Gasteiger partial charge in [0.25, 0.3) is 0 Å². The number of carbonyl (C=O) groups excluding carboxylic acids is 1. The summed E-state index contributed by atoms with van der Waals surface area (Å²) in [6.45, 7) is 6.53. The number of aliphatic imine (C=N–C) groups is 1. The Kier molecular flexibility index (Phi) is 4.00.